The molecule has 5 aromatic rings. The van der Waals surface area contributed by atoms with Crippen LogP contribution in [0.15, 0.2) is 95.5 Å². The Balaban J connectivity index is 1.57. The average Bonchev–Trinajstić information content (AvgIpc) is 3.19. The Morgan fingerprint density at radius 3 is 2.07 bits per heavy atom. The molecule has 140 valence electrons. The highest BCUT2D eigenvalue weighted by atomic mass is 16.3. The number of furan rings is 1. The molecule has 2 heterocycles. The lowest BCUT2D eigenvalue weighted by Crippen LogP contribution is -1.87. The number of benzene rings is 3. The summed E-state index contributed by atoms with van der Waals surface area (Å²) < 4.78 is 6.27. The smallest absolute Gasteiger partial charge is 0.161 e. The molecule has 0 N–H and O–H groups in total. The van der Waals surface area contributed by atoms with Gasteiger partial charge in [-0.2, -0.15) is 0 Å². The molecule has 2 heteroatoms. The number of aryl methyl sites for hydroxylation is 2. The summed E-state index contributed by atoms with van der Waals surface area (Å²) in [5.74, 6) is 0.859. The van der Waals surface area contributed by atoms with Crippen LogP contribution in [0.2, 0.25) is 0 Å². The third kappa shape index (κ3) is 3.13. The topological polar surface area (TPSA) is 26.0 Å². The molecule has 0 atom stereocenters. The second-order valence-corrected chi connectivity index (χ2v) is 7.40. The molecule has 5 rings (SSSR count). The first kappa shape index (κ1) is 17.4. The van der Waals surface area contributed by atoms with Gasteiger partial charge in [0.2, 0.25) is 0 Å². The summed E-state index contributed by atoms with van der Waals surface area (Å²) in [5, 5.41) is 1.06. The van der Waals surface area contributed by atoms with Gasteiger partial charge in [-0.05, 0) is 48.2 Å². The van der Waals surface area contributed by atoms with E-state index in [1.165, 1.54) is 22.3 Å². The zero-order valence-electron chi connectivity index (χ0n) is 16.5. The monoisotopic (exact) mass is 375 g/mol. The average molecular weight is 375 g/mol. The molecule has 0 spiro atoms. The first-order valence-corrected chi connectivity index (χ1v) is 9.82. The van der Waals surface area contributed by atoms with Gasteiger partial charge in [-0.3, -0.25) is 4.98 Å². The van der Waals surface area contributed by atoms with E-state index in [-0.39, 0.29) is 0 Å². The quantitative estimate of drug-likeness (QED) is 0.327. The van der Waals surface area contributed by atoms with E-state index >= 15 is 0 Å². The first-order chi connectivity index (χ1) is 14.2. The molecule has 0 saturated heterocycles. The highest BCUT2D eigenvalue weighted by Crippen LogP contribution is 2.34. The number of pyridine rings is 1. The van der Waals surface area contributed by atoms with Crippen molar-refractivity contribution in [1.82, 2.24) is 4.98 Å². The molecule has 0 aliphatic rings. The molecule has 29 heavy (non-hydrogen) atoms. The fourth-order valence-electron chi connectivity index (χ4n) is 3.98. The van der Waals surface area contributed by atoms with Gasteiger partial charge in [0.05, 0.1) is 0 Å². The Morgan fingerprint density at radius 2 is 1.34 bits per heavy atom. The van der Waals surface area contributed by atoms with E-state index in [4.69, 9.17) is 4.42 Å². The van der Waals surface area contributed by atoms with Crippen molar-refractivity contribution in [3.05, 3.63) is 102 Å². The fourth-order valence-corrected chi connectivity index (χ4v) is 3.98. The summed E-state index contributed by atoms with van der Waals surface area (Å²) in [5.41, 5.74) is 8.94. The second kappa shape index (κ2) is 7.06. The zero-order chi connectivity index (χ0) is 19.8. The van der Waals surface area contributed by atoms with Crippen molar-refractivity contribution in [3.8, 4) is 33.7 Å². The van der Waals surface area contributed by atoms with Gasteiger partial charge in [-0.25, -0.2) is 0 Å². The molecule has 0 bridgehead atoms. The summed E-state index contributed by atoms with van der Waals surface area (Å²) in [6.45, 7) is 4.32. The van der Waals surface area contributed by atoms with Crippen LogP contribution in [0.25, 0.3) is 44.7 Å². The van der Waals surface area contributed by atoms with Crippen LogP contribution in [0.4, 0.5) is 0 Å². The molecule has 0 fully saturated rings. The first-order valence-electron chi connectivity index (χ1n) is 9.82. The van der Waals surface area contributed by atoms with Crippen LogP contribution < -0.4 is 0 Å². The molecule has 0 unspecified atom stereocenters. The van der Waals surface area contributed by atoms with Crippen LogP contribution in [0.5, 0.6) is 0 Å². The van der Waals surface area contributed by atoms with E-state index in [2.05, 4.69) is 79.5 Å². The van der Waals surface area contributed by atoms with Gasteiger partial charge in [-0.1, -0.05) is 72.8 Å². The highest BCUT2D eigenvalue weighted by molar-refractivity contribution is 5.92. The predicted octanol–water partition coefficient (Wildman–Crippen LogP) is 7.45. The van der Waals surface area contributed by atoms with Crippen LogP contribution in [0.3, 0.4) is 0 Å². The number of hydrogen-bond acceptors (Lipinski definition) is 2. The molecular formula is C27H21NO. The number of hydrogen-bond donors (Lipinski definition) is 0. The minimum Gasteiger partial charge on any atom is -0.454 e. The van der Waals surface area contributed by atoms with Crippen molar-refractivity contribution in [1.29, 1.82) is 0 Å². The number of aromatic nitrogens is 1. The summed E-state index contributed by atoms with van der Waals surface area (Å²) in [4.78, 5) is 4.56. The molecule has 2 nitrogen and oxygen atoms in total. The zero-order valence-corrected chi connectivity index (χ0v) is 16.5. The van der Waals surface area contributed by atoms with Crippen LogP contribution in [0.1, 0.15) is 11.1 Å². The van der Waals surface area contributed by atoms with E-state index in [9.17, 15) is 0 Å². The van der Waals surface area contributed by atoms with Crippen molar-refractivity contribution in [2.24, 2.45) is 0 Å². The Labute approximate surface area is 170 Å². The van der Waals surface area contributed by atoms with Gasteiger partial charge in [0.1, 0.15) is 11.5 Å². The lowest BCUT2D eigenvalue weighted by Gasteiger charge is -2.10. The van der Waals surface area contributed by atoms with Gasteiger partial charge in [0, 0.05) is 22.7 Å². The Morgan fingerprint density at radius 1 is 0.655 bits per heavy atom. The molecule has 0 radical (unpaired) electrons. The van der Waals surface area contributed by atoms with Gasteiger partial charge in [0.25, 0.3) is 0 Å². The Hall–Kier alpha value is -3.65. The molecule has 0 aliphatic heterocycles. The van der Waals surface area contributed by atoms with Gasteiger partial charge in [-0.15, -0.1) is 0 Å². The third-order valence-corrected chi connectivity index (χ3v) is 5.42. The lowest BCUT2D eigenvalue weighted by atomic mass is 9.95. The SMILES string of the molecule is Cc1cccc(C)c1-c1ccc(-c2cc3ccnc(-c4ccccc4)c3o2)cc1. The Bertz CT molecular complexity index is 1280. The van der Waals surface area contributed by atoms with Crippen LogP contribution in [0, 0.1) is 13.8 Å². The largest absolute Gasteiger partial charge is 0.454 e. The molecule has 2 aromatic heterocycles. The molecule has 0 aliphatic carbocycles. The van der Waals surface area contributed by atoms with Gasteiger partial charge < -0.3 is 4.42 Å². The van der Waals surface area contributed by atoms with E-state index in [1.54, 1.807) is 0 Å². The molecular weight excluding hydrogens is 354 g/mol. The summed E-state index contributed by atoms with van der Waals surface area (Å²) >= 11 is 0. The third-order valence-electron chi connectivity index (χ3n) is 5.42. The maximum absolute atomic E-state index is 6.27. The van der Waals surface area contributed by atoms with Gasteiger partial charge >= 0.3 is 0 Å². The van der Waals surface area contributed by atoms with Crippen LogP contribution in [-0.4, -0.2) is 4.98 Å². The van der Waals surface area contributed by atoms with Crippen molar-refractivity contribution in [3.63, 3.8) is 0 Å². The highest BCUT2D eigenvalue weighted by Gasteiger charge is 2.13. The van der Waals surface area contributed by atoms with Crippen molar-refractivity contribution in [2.45, 2.75) is 13.8 Å². The van der Waals surface area contributed by atoms with Crippen molar-refractivity contribution >= 4 is 11.0 Å². The number of rotatable bonds is 3. The summed E-state index contributed by atoms with van der Waals surface area (Å²) in [6.07, 6.45) is 1.84. The number of fused-ring (bicyclic) bond motifs is 1. The second-order valence-electron chi connectivity index (χ2n) is 7.40. The number of nitrogens with zero attached hydrogens (tertiary/aromatic N) is 1. The normalized spacial score (nSPS) is 11.1. The fraction of sp³-hybridized carbons (Fsp3) is 0.0741. The maximum atomic E-state index is 6.27. The van der Waals surface area contributed by atoms with Gasteiger partial charge in [0.15, 0.2) is 5.58 Å². The molecule has 0 saturated carbocycles. The lowest BCUT2D eigenvalue weighted by molar-refractivity contribution is 0.631. The van der Waals surface area contributed by atoms with Crippen molar-refractivity contribution < 1.29 is 4.42 Å². The van der Waals surface area contributed by atoms with E-state index in [1.807, 2.05) is 30.5 Å². The Kier molecular flexibility index (Phi) is 4.25. The molecule has 0 amide bonds. The van der Waals surface area contributed by atoms with E-state index in [0.717, 1.165) is 33.6 Å². The summed E-state index contributed by atoms with van der Waals surface area (Å²) in [6, 6.07) is 29.3. The van der Waals surface area contributed by atoms with E-state index in [0.29, 0.717) is 0 Å². The van der Waals surface area contributed by atoms with Crippen LogP contribution >= 0.6 is 0 Å². The van der Waals surface area contributed by atoms with Crippen molar-refractivity contribution in [2.75, 3.05) is 0 Å². The minimum absolute atomic E-state index is 0.826. The maximum Gasteiger partial charge on any atom is 0.161 e. The standard InChI is InChI=1S/C27H21NO/c1-18-7-6-8-19(2)25(18)21-13-11-20(12-14-21)24-17-23-15-16-28-26(27(23)29-24)22-9-4-3-5-10-22/h3-17H,1-2H3. The van der Waals surface area contributed by atoms with E-state index < -0.39 is 0 Å². The summed E-state index contributed by atoms with van der Waals surface area (Å²) in [7, 11) is 0. The minimum atomic E-state index is 0.826. The van der Waals surface area contributed by atoms with Crippen LogP contribution in [-0.2, 0) is 0 Å². The molecule has 3 aromatic carbocycles. The predicted molar refractivity (Wildman–Crippen MR) is 120 cm³/mol.